The van der Waals surface area contributed by atoms with E-state index in [9.17, 15) is 14.4 Å². The Balaban J connectivity index is 1.71. The van der Waals surface area contributed by atoms with E-state index in [0.29, 0.717) is 31.0 Å². The maximum atomic E-state index is 12.1. The molecule has 1 saturated heterocycles. The number of hydrogen-bond donors (Lipinski definition) is 3. The van der Waals surface area contributed by atoms with Crippen molar-refractivity contribution in [2.75, 3.05) is 19.6 Å². The summed E-state index contributed by atoms with van der Waals surface area (Å²) in [5.41, 5.74) is 0.890. The molecule has 0 saturated carbocycles. The molecule has 1 aliphatic rings. The van der Waals surface area contributed by atoms with E-state index in [-0.39, 0.29) is 19.0 Å². The van der Waals surface area contributed by atoms with Gasteiger partial charge in [0.1, 0.15) is 0 Å². The van der Waals surface area contributed by atoms with Crippen LogP contribution in [-0.2, 0) is 16.1 Å². The Bertz CT molecular complexity index is 606. The highest BCUT2D eigenvalue weighted by molar-refractivity contribution is 6.30. The summed E-state index contributed by atoms with van der Waals surface area (Å²) in [6.07, 6.45) is 1.24. The normalized spacial score (nSPS) is 17.2. The quantitative estimate of drug-likeness (QED) is 0.746. The van der Waals surface area contributed by atoms with Gasteiger partial charge < -0.3 is 20.6 Å². The van der Waals surface area contributed by atoms with Crippen molar-refractivity contribution in [1.29, 1.82) is 0 Å². The Morgan fingerprint density at radius 3 is 2.58 bits per heavy atom. The number of carbonyl (C=O) groups is 3. The Morgan fingerprint density at radius 2 is 1.92 bits per heavy atom. The molecule has 7 nitrogen and oxygen atoms in total. The van der Waals surface area contributed by atoms with Crippen LogP contribution in [0.25, 0.3) is 0 Å². The van der Waals surface area contributed by atoms with Crippen LogP contribution < -0.4 is 10.6 Å². The molecular weight excluding hydrogens is 334 g/mol. The number of carbonyl (C=O) groups excluding carboxylic acids is 2. The minimum atomic E-state index is -0.888. The third kappa shape index (κ3) is 5.42. The zero-order valence-electron chi connectivity index (χ0n) is 13.1. The number of carboxylic acid groups (broad SMARTS) is 1. The maximum Gasteiger partial charge on any atom is 0.315 e. The van der Waals surface area contributed by atoms with E-state index < -0.39 is 17.9 Å². The molecular formula is C16H20ClN3O4. The molecule has 1 heterocycles. The van der Waals surface area contributed by atoms with Crippen LogP contribution in [-0.4, -0.2) is 47.5 Å². The first kappa shape index (κ1) is 18.1. The number of carboxylic acids is 1. The molecule has 2 rings (SSSR count). The minimum absolute atomic E-state index is 0.154. The average Bonchev–Trinajstić information content (AvgIpc) is 2.59. The number of piperidine rings is 1. The van der Waals surface area contributed by atoms with Gasteiger partial charge in [-0.2, -0.15) is 0 Å². The van der Waals surface area contributed by atoms with Crippen LogP contribution in [0, 0.1) is 5.92 Å². The van der Waals surface area contributed by atoms with Gasteiger partial charge in [-0.1, -0.05) is 23.7 Å². The van der Waals surface area contributed by atoms with E-state index in [2.05, 4.69) is 10.6 Å². The first-order chi connectivity index (χ1) is 11.5. The minimum Gasteiger partial charge on any atom is -0.481 e. The molecule has 0 radical (unpaired) electrons. The molecule has 24 heavy (non-hydrogen) atoms. The molecule has 1 unspecified atom stereocenters. The second-order valence-electron chi connectivity index (χ2n) is 5.68. The molecule has 1 aliphatic heterocycles. The van der Waals surface area contributed by atoms with Gasteiger partial charge in [-0.15, -0.1) is 0 Å². The largest absolute Gasteiger partial charge is 0.481 e. The van der Waals surface area contributed by atoms with E-state index in [0.717, 1.165) is 5.56 Å². The number of rotatable bonds is 5. The summed E-state index contributed by atoms with van der Waals surface area (Å²) < 4.78 is 0. The van der Waals surface area contributed by atoms with Crippen molar-refractivity contribution in [2.24, 2.45) is 5.92 Å². The summed E-state index contributed by atoms with van der Waals surface area (Å²) >= 11 is 5.78. The lowest BCUT2D eigenvalue weighted by Crippen LogP contribution is -2.47. The van der Waals surface area contributed by atoms with Crippen LogP contribution in [0.3, 0.4) is 0 Å². The SMILES string of the molecule is O=C(NCC(=O)N1CCCC(C(=O)O)C1)NCc1ccc(Cl)cc1. The first-order valence-electron chi connectivity index (χ1n) is 7.72. The molecule has 0 aromatic heterocycles. The molecule has 1 atom stereocenters. The number of urea groups is 1. The smallest absolute Gasteiger partial charge is 0.315 e. The Hall–Kier alpha value is -2.28. The van der Waals surface area contributed by atoms with Gasteiger partial charge in [0.05, 0.1) is 12.5 Å². The fourth-order valence-corrected chi connectivity index (χ4v) is 2.65. The van der Waals surface area contributed by atoms with Crippen molar-refractivity contribution < 1.29 is 19.5 Å². The molecule has 1 aromatic carbocycles. The molecule has 130 valence electrons. The van der Waals surface area contributed by atoms with Gasteiger partial charge in [0, 0.05) is 24.7 Å². The summed E-state index contributed by atoms with van der Waals surface area (Å²) in [6.45, 7) is 0.889. The van der Waals surface area contributed by atoms with Crippen molar-refractivity contribution in [2.45, 2.75) is 19.4 Å². The zero-order chi connectivity index (χ0) is 17.5. The third-order valence-corrected chi connectivity index (χ3v) is 4.14. The molecule has 8 heteroatoms. The van der Waals surface area contributed by atoms with Crippen molar-refractivity contribution in [1.82, 2.24) is 15.5 Å². The van der Waals surface area contributed by atoms with E-state index >= 15 is 0 Å². The molecule has 3 N–H and O–H groups in total. The van der Waals surface area contributed by atoms with Gasteiger partial charge in [0.2, 0.25) is 5.91 Å². The van der Waals surface area contributed by atoms with Crippen LogP contribution in [0.4, 0.5) is 4.79 Å². The van der Waals surface area contributed by atoms with Crippen LogP contribution in [0.5, 0.6) is 0 Å². The Morgan fingerprint density at radius 1 is 1.21 bits per heavy atom. The second kappa shape index (κ2) is 8.54. The summed E-state index contributed by atoms with van der Waals surface area (Å²) in [5, 5.41) is 14.8. The number of amides is 3. The summed E-state index contributed by atoms with van der Waals surface area (Å²) in [7, 11) is 0. The zero-order valence-corrected chi connectivity index (χ0v) is 13.9. The number of hydrogen-bond acceptors (Lipinski definition) is 3. The molecule has 1 aromatic rings. The fourth-order valence-electron chi connectivity index (χ4n) is 2.52. The van der Waals surface area contributed by atoms with Gasteiger partial charge in [0.25, 0.3) is 0 Å². The molecule has 0 bridgehead atoms. The van der Waals surface area contributed by atoms with Gasteiger partial charge in [-0.3, -0.25) is 9.59 Å². The van der Waals surface area contributed by atoms with Crippen molar-refractivity contribution in [3.05, 3.63) is 34.9 Å². The standard InChI is InChI=1S/C16H20ClN3O4/c17-13-5-3-11(4-6-13)8-18-16(24)19-9-14(21)20-7-1-2-12(10-20)15(22)23/h3-6,12H,1-2,7-10H2,(H,22,23)(H2,18,19,24). The monoisotopic (exact) mass is 353 g/mol. The van der Waals surface area contributed by atoms with Crippen molar-refractivity contribution >= 4 is 29.5 Å². The first-order valence-corrected chi connectivity index (χ1v) is 8.10. The van der Waals surface area contributed by atoms with E-state index in [1.165, 1.54) is 4.90 Å². The van der Waals surface area contributed by atoms with Crippen molar-refractivity contribution in [3.63, 3.8) is 0 Å². The fraction of sp³-hybridized carbons (Fsp3) is 0.438. The predicted molar refractivity (Wildman–Crippen MR) is 88.6 cm³/mol. The topological polar surface area (TPSA) is 98.7 Å². The van der Waals surface area contributed by atoms with E-state index in [4.69, 9.17) is 16.7 Å². The van der Waals surface area contributed by atoms with Crippen LogP contribution >= 0.6 is 11.6 Å². The Kier molecular flexibility index (Phi) is 6.43. The second-order valence-corrected chi connectivity index (χ2v) is 6.12. The van der Waals surface area contributed by atoms with Gasteiger partial charge in [-0.05, 0) is 30.5 Å². The lowest BCUT2D eigenvalue weighted by Gasteiger charge is -2.30. The summed E-state index contributed by atoms with van der Waals surface area (Å²) in [5.74, 6) is -1.69. The summed E-state index contributed by atoms with van der Waals surface area (Å²) in [4.78, 5) is 36.3. The highest BCUT2D eigenvalue weighted by atomic mass is 35.5. The average molecular weight is 354 g/mol. The number of likely N-dealkylation sites (tertiary alicyclic amines) is 1. The number of nitrogens with zero attached hydrogens (tertiary/aromatic N) is 1. The number of halogens is 1. The lowest BCUT2D eigenvalue weighted by molar-refractivity contribution is -0.145. The molecule has 3 amide bonds. The number of aliphatic carboxylic acids is 1. The third-order valence-electron chi connectivity index (χ3n) is 3.89. The molecule has 0 spiro atoms. The maximum absolute atomic E-state index is 12.1. The van der Waals surface area contributed by atoms with Crippen LogP contribution in [0.2, 0.25) is 5.02 Å². The van der Waals surface area contributed by atoms with Gasteiger partial charge in [0.15, 0.2) is 0 Å². The number of nitrogens with one attached hydrogen (secondary N) is 2. The summed E-state index contributed by atoms with van der Waals surface area (Å²) in [6, 6.07) is 6.61. The number of benzene rings is 1. The van der Waals surface area contributed by atoms with Crippen LogP contribution in [0.15, 0.2) is 24.3 Å². The lowest BCUT2D eigenvalue weighted by atomic mass is 9.98. The van der Waals surface area contributed by atoms with Crippen molar-refractivity contribution in [3.8, 4) is 0 Å². The highest BCUT2D eigenvalue weighted by Crippen LogP contribution is 2.16. The highest BCUT2D eigenvalue weighted by Gasteiger charge is 2.27. The van der Waals surface area contributed by atoms with Gasteiger partial charge in [-0.25, -0.2) is 4.79 Å². The van der Waals surface area contributed by atoms with E-state index in [1.807, 2.05) is 0 Å². The predicted octanol–water partition coefficient (Wildman–Crippen LogP) is 1.46. The Labute approximate surface area is 145 Å². The van der Waals surface area contributed by atoms with Crippen LogP contribution in [0.1, 0.15) is 18.4 Å². The van der Waals surface area contributed by atoms with Gasteiger partial charge >= 0.3 is 12.0 Å². The molecule has 0 aliphatic carbocycles. The molecule has 1 fully saturated rings. The van der Waals surface area contributed by atoms with E-state index in [1.54, 1.807) is 24.3 Å².